The average Bonchev–Trinajstić information content (AvgIpc) is 3.02. The van der Waals surface area contributed by atoms with E-state index in [0.717, 1.165) is 27.8 Å². The van der Waals surface area contributed by atoms with Gasteiger partial charge in [-0.2, -0.15) is 5.10 Å². The number of rotatable bonds is 5. The number of urea groups is 1. The number of carbonyl (C=O) groups excluding carboxylic acids is 1. The zero-order chi connectivity index (χ0) is 24.2. The van der Waals surface area contributed by atoms with Gasteiger partial charge in [0.2, 0.25) is 0 Å². The number of aromatic nitrogens is 1. The first kappa shape index (κ1) is 23.1. The van der Waals surface area contributed by atoms with Gasteiger partial charge in [-0.15, -0.1) is 0 Å². The lowest BCUT2D eigenvalue weighted by molar-refractivity contribution is 0.184. The summed E-state index contributed by atoms with van der Waals surface area (Å²) in [5, 5.41) is 8.99. The molecule has 8 heteroatoms. The topological polar surface area (TPSA) is 85.3 Å². The highest BCUT2D eigenvalue weighted by Gasteiger charge is 2.28. The monoisotopic (exact) mass is 460 g/mol. The number of carbonyl (C=O) groups is 1. The molecule has 1 atom stereocenters. The van der Waals surface area contributed by atoms with Crippen molar-refractivity contribution < 1.29 is 19.0 Å². The number of nitrogens with one attached hydrogen (secondary N) is 1. The van der Waals surface area contributed by atoms with E-state index in [4.69, 9.17) is 19.3 Å². The molecule has 2 amide bonds. The van der Waals surface area contributed by atoms with Gasteiger partial charge in [0.25, 0.3) is 0 Å². The third kappa shape index (κ3) is 4.39. The van der Waals surface area contributed by atoms with Crippen LogP contribution in [0, 0.1) is 0 Å². The largest absolute Gasteiger partial charge is 0.495 e. The van der Waals surface area contributed by atoms with E-state index in [1.54, 1.807) is 40.8 Å². The maximum atomic E-state index is 12.6. The summed E-state index contributed by atoms with van der Waals surface area (Å²) < 4.78 is 16.4. The number of benzene rings is 2. The fourth-order valence-electron chi connectivity index (χ4n) is 4.06. The van der Waals surface area contributed by atoms with Gasteiger partial charge in [-0.25, -0.2) is 9.80 Å². The van der Waals surface area contributed by atoms with Crippen molar-refractivity contribution >= 4 is 11.7 Å². The number of amides is 2. The molecule has 0 saturated heterocycles. The molecule has 0 spiro atoms. The molecule has 1 unspecified atom stereocenters. The molecule has 0 saturated carbocycles. The molecule has 0 radical (unpaired) electrons. The zero-order valence-electron chi connectivity index (χ0n) is 20.0. The molecule has 34 heavy (non-hydrogen) atoms. The van der Waals surface area contributed by atoms with E-state index in [0.29, 0.717) is 29.4 Å². The van der Waals surface area contributed by atoms with E-state index < -0.39 is 0 Å². The fourth-order valence-corrected chi connectivity index (χ4v) is 4.06. The second kappa shape index (κ2) is 9.82. The molecule has 0 fully saturated rings. The Balaban J connectivity index is 1.84. The third-order valence-corrected chi connectivity index (χ3v) is 5.87. The summed E-state index contributed by atoms with van der Waals surface area (Å²) in [6, 6.07) is 13.4. The van der Waals surface area contributed by atoms with Crippen LogP contribution < -0.4 is 19.5 Å². The van der Waals surface area contributed by atoms with E-state index in [1.807, 2.05) is 49.4 Å². The van der Waals surface area contributed by atoms with Gasteiger partial charge in [-0.1, -0.05) is 24.3 Å². The van der Waals surface area contributed by atoms with Crippen molar-refractivity contribution in [3.8, 4) is 28.4 Å². The average molecular weight is 461 g/mol. The molecule has 3 aromatic rings. The van der Waals surface area contributed by atoms with Crippen LogP contribution in [0.25, 0.3) is 11.1 Å². The molecule has 4 rings (SSSR count). The van der Waals surface area contributed by atoms with Crippen LogP contribution >= 0.6 is 0 Å². The van der Waals surface area contributed by atoms with E-state index in [-0.39, 0.29) is 12.1 Å². The molecule has 1 aliphatic rings. The Kier molecular flexibility index (Phi) is 6.67. The SMILES string of the molecule is CNC(=O)N1N=C(c2ccc(-c3cncc(OC)c3)cc2)c2cc(OC)c(OC)cc2CC1C. The number of hydrogen-bond donors (Lipinski definition) is 1. The minimum atomic E-state index is -0.268. The number of methoxy groups -OCH3 is 3. The van der Waals surface area contributed by atoms with Gasteiger partial charge in [-0.3, -0.25) is 4.98 Å². The van der Waals surface area contributed by atoms with Crippen LogP contribution in [0.15, 0.2) is 60.0 Å². The van der Waals surface area contributed by atoms with Crippen molar-refractivity contribution in [1.29, 1.82) is 0 Å². The van der Waals surface area contributed by atoms with Crippen LogP contribution in [0.2, 0.25) is 0 Å². The molecule has 176 valence electrons. The van der Waals surface area contributed by atoms with Crippen LogP contribution in [-0.4, -0.2) is 56.2 Å². The Morgan fingerprint density at radius 1 is 0.941 bits per heavy atom. The lowest BCUT2D eigenvalue weighted by atomic mass is 9.93. The van der Waals surface area contributed by atoms with Crippen LogP contribution in [0.1, 0.15) is 23.6 Å². The van der Waals surface area contributed by atoms with Gasteiger partial charge >= 0.3 is 6.03 Å². The number of pyridine rings is 1. The summed E-state index contributed by atoms with van der Waals surface area (Å²) in [7, 11) is 6.44. The third-order valence-electron chi connectivity index (χ3n) is 5.87. The predicted molar refractivity (Wildman–Crippen MR) is 131 cm³/mol. The maximum absolute atomic E-state index is 12.6. The van der Waals surface area contributed by atoms with Crippen molar-refractivity contribution in [2.24, 2.45) is 5.10 Å². The van der Waals surface area contributed by atoms with E-state index in [1.165, 1.54) is 5.01 Å². The number of fused-ring (bicyclic) bond motifs is 1. The Labute approximate surface area is 199 Å². The van der Waals surface area contributed by atoms with Crippen molar-refractivity contribution in [3.05, 3.63) is 71.5 Å². The number of nitrogens with zero attached hydrogens (tertiary/aromatic N) is 3. The Hall–Kier alpha value is -4.07. The van der Waals surface area contributed by atoms with E-state index in [2.05, 4.69) is 10.3 Å². The molecule has 8 nitrogen and oxygen atoms in total. The lowest BCUT2D eigenvalue weighted by Gasteiger charge is -2.22. The number of hydrogen-bond acceptors (Lipinski definition) is 6. The van der Waals surface area contributed by atoms with Crippen molar-refractivity contribution in [2.45, 2.75) is 19.4 Å². The summed E-state index contributed by atoms with van der Waals surface area (Å²) in [5.41, 5.74) is 5.41. The van der Waals surface area contributed by atoms with Gasteiger partial charge < -0.3 is 19.5 Å². The minimum absolute atomic E-state index is 0.156. The van der Waals surface area contributed by atoms with Crippen LogP contribution in [0.3, 0.4) is 0 Å². The molecule has 2 heterocycles. The molecule has 1 aliphatic heterocycles. The fraction of sp³-hybridized carbons (Fsp3) is 0.269. The molecule has 0 aliphatic carbocycles. The molecule has 1 N–H and O–H groups in total. The first-order chi connectivity index (χ1) is 16.5. The molecular weight excluding hydrogens is 432 g/mol. The normalized spacial score (nSPS) is 15.0. The first-order valence-electron chi connectivity index (χ1n) is 10.9. The van der Waals surface area contributed by atoms with Gasteiger partial charge in [0, 0.05) is 29.9 Å². The molecular formula is C26H28N4O4. The Morgan fingerprint density at radius 3 is 2.26 bits per heavy atom. The van der Waals surface area contributed by atoms with Gasteiger partial charge in [0.05, 0.1) is 39.3 Å². The van der Waals surface area contributed by atoms with Gasteiger partial charge in [-0.05, 0) is 42.7 Å². The molecule has 2 aromatic carbocycles. The van der Waals surface area contributed by atoms with Crippen molar-refractivity contribution in [1.82, 2.24) is 15.3 Å². The van der Waals surface area contributed by atoms with Gasteiger partial charge in [0.15, 0.2) is 11.5 Å². The number of ether oxygens (including phenoxy) is 3. The van der Waals surface area contributed by atoms with Gasteiger partial charge in [0.1, 0.15) is 5.75 Å². The van der Waals surface area contributed by atoms with E-state index >= 15 is 0 Å². The second-order valence-electron chi connectivity index (χ2n) is 7.96. The summed E-state index contributed by atoms with van der Waals surface area (Å²) in [6.07, 6.45) is 4.08. The van der Waals surface area contributed by atoms with Crippen molar-refractivity contribution in [3.63, 3.8) is 0 Å². The summed E-state index contributed by atoms with van der Waals surface area (Å²) in [4.78, 5) is 16.9. The van der Waals surface area contributed by atoms with Crippen LogP contribution in [0.4, 0.5) is 4.79 Å². The van der Waals surface area contributed by atoms with Crippen LogP contribution in [-0.2, 0) is 6.42 Å². The molecule has 0 bridgehead atoms. The smallest absolute Gasteiger partial charge is 0.337 e. The van der Waals surface area contributed by atoms with Crippen LogP contribution in [0.5, 0.6) is 17.2 Å². The highest BCUT2D eigenvalue weighted by molar-refractivity contribution is 6.14. The quantitative estimate of drug-likeness (QED) is 0.619. The molecule has 1 aromatic heterocycles. The second-order valence-corrected chi connectivity index (χ2v) is 7.96. The summed E-state index contributed by atoms with van der Waals surface area (Å²) in [6.45, 7) is 1.97. The maximum Gasteiger partial charge on any atom is 0.337 e. The van der Waals surface area contributed by atoms with Crippen molar-refractivity contribution in [2.75, 3.05) is 28.4 Å². The minimum Gasteiger partial charge on any atom is -0.495 e. The summed E-state index contributed by atoms with van der Waals surface area (Å²) in [5.74, 6) is 1.94. The predicted octanol–water partition coefficient (Wildman–Crippen LogP) is 4.11. The summed E-state index contributed by atoms with van der Waals surface area (Å²) >= 11 is 0. The zero-order valence-corrected chi connectivity index (χ0v) is 20.0. The Bertz CT molecular complexity index is 1220. The number of hydrazone groups is 1. The Morgan fingerprint density at radius 2 is 1.62 bits per heavy atom. The highest BCUT2D eigenvalue weighted by atomic mass is 16.5. The van der Waals surface area contributed by atoms with E-state index in [9.17, 15) is 4.79 Å². The highest BCUT2D eigenvalue weighted by Crippen LogP contribution is 2.35. The standard InChI is InChI=1S/C26H28N4O4/c1-16-10-19-12-23(33-4)24(34-5)13-22(19)25(29-30(16)26(31)27-2)18-8-6-17(7-9-18)20-11-21(32-3)15-28-14-20/h6-9,11-16H,10H2,1-5H3,(H,27,31). The lowest BCUT2D eigenvalue weighted by Crippen LogP contribution is -2.41. The first-order valence-corrected chi connectivity index (χ1v) is 10.9.